The fourth-order valence-electron chi connectivity index (χ4n) is 11.3. The Labute approximate surface area is 419 Å². The molecule has 0 saturated heterocycles. The van der Waals surface area contributed by atoms with E-state index in [0.29, 0.717) is 0 Å². The Kier molecular flexibility index (Phi) is 10.6. The summed E-state index contributed by atoms with van der Waals surface area (Å²) in [5.41, 5.74) is 21.7. The topological polar surface area (TPSA) is 12.5 Å². The van der Waals surface area contributed by atoms with E-state index in [1.807, 2.05) is 0 Å². The standard InChI is InChI=1S/C69H57NO/c1-67(2,3)49-35-41-61-65(43-49)71-66-44-50(68(4,5)6)36-42-62(66)69(61)60-31-19-17-29-57(60)58-40-39-52(45-63(58)69)70(51-37-33-47(34-38-51)46-21-9-7-10-22-46)64-32-20-18-30-59(64)56-28-16-15-27-55(56)54-26-14-13-25-53(54)48-23-11-8-12-24-48/h7-45H,1-6H3. The predicted octanol–water partition coefficient (Wildman–Crippen LogP) is 18.9. The van der Waals surface area contributed by atoms with Gasteiger partial charge in [0.1, 0.15) is 11.5 Å². The lowest BCUT2D eigenvalue weighted by molar-refractivity contribution is 0.430. The van der Waals surface area contributed by atoms with Gasteiger partial charge < -0.3 is 9.64 Å². The Hall–Kier alpha value is -8.20. The largest absolute Gasteiger partial charge is 0.457 e. The van der Waals surface area contributed by atoms with Gasteiger partial charge in [0, 0.05) is 28.1 Å². The monoisotopic (exact) mass is 915 g/mol. The van der Waals surface area contributed by atoms with Crippen molar-refractivity contribution >= 4 is 17.1 Å². The Bertz CT molecular complexity index is 3560. The van der Waals surface area contributed by atoms with E-state index in [0.717, 1.165) is 45.3 Å². The van der Waals surface area contributed by atoms with Crippen LogP contribution in [0, 0.1) is 0 Å². The molecule has 2 nitrogen and oxygen atoms in total. The molecule has 10 aromatic carbocycles. The fourth-order valence-corrected chi connectivity index (χ4v) is 11.3. The summed E-state index contributed by atoms with van der Waals surface area (Å²) < 4.78 is 7.17. The summed E-state index contributed by atoms with van der Waals surface area (Å²) in [6.07, 6.45) is 0. The molecule has 0 atom stereocenters. The first kappa shape index (κ1) is 44.0. The minimum absolute atomic E-state index is 0.0655. The lowest BCUT2D eigenvalue weighted by atomic mass is 9.65. The lowest BCUT2D eigenvalue weighted by Gasteiger charge is -2.41. The van der Waals surface area contributed by atoms with Crippen LogP contribution in [-0.4, -0.2) is 0 Å². The van der Waals surface area contributed by atoms with Gasteiger partial charge in [-0.25, -0.2) is 0 Å². The normalized spacial score (nSPS) is 13.2. The van der Waals surface area contributed by atoms with Crippen LogP contribution >= 0.6 is 0 Å². The Morgan fingerprint density at radius 3 is 1.34 bits per heavy atom. The van der Waals surface area contributed by atoms with Crippen molar-refractivity contribution < 1.29 is 4.74 Å². The van der Waals surface area contributed by atoms with Gasteiger partial charge >= 0.3 is 0 Å². The second-order valence-corrected chi connectivity index (χ2v) is 21.3. The van der Waals surface area contributed by atoms with Crippen LogP contribution in [0.1, 0.15) is 74.9 Å². The first-order valence-electron chi connectivity index (χ1n) is 25.0. The molecule has 0 radical (unpaired) electrons. The van der Waals surface area contributed by atoms with E-state index in [4.69, 9.17) is 4.74 Å². The van der Waals surface area contributed by atoms with Crippen molar-refractivity contribution in [2.45, 2.75) is 57.8 Å². The van der Waals surface area contributed by atoms with E-state index < -0.39 is 5.41 Å². The number of hydrogen-bond donors (Lipinski definition) is 0. The number of nitrogens with zero attached hydrogens (tertiary/aromatic N) is 1. The third-order valence-corrected chi connectivity index (χ3v) is 14.9. The average molecular weight is 916 g/mol. The summed E-state index contributed by atoms with van der Waals surface area (Å²) in [5.74, 6) is 1.82. The molecule has 1 heterocycles. The summed E-state index contributed by atoms with van der Waals surface area (Å²) >= 11 is 0. The molecule has 344 valence electrons. The SMILES string of the molecule is CC(C)(C)c1ccc2c(c1)Oc1cc(C(C)(C)C)ccc1C21c2ccccc2-c2ccc(N(c3ccc(-c4ccccc4)cc3)c3ccccc3-c3ccccc3-c3ccccc3-c3ccccc3)cc21. The summed E-state index contributed by atoms with van der Waals surface area (Å²) in [6, 6.07) is 87.4. The molecule has 1 aliphatic heterocycles. The number of benzene rings is 10. The Morgan fingerprint density at radius 2 is 0.746 bits per heavy atom. The zero-order chi connectivity index (χ0) is 48.5. The van der Waals surface area contributed by atoms with Crippen LogP contribution in [0.15, 0.2) is 237 Å². The molecule has 0 amide bonds. The highest BCUT2D eigenvalue weighted by atomic mass is 16.5. The van der Waals surface area contributed by atoms with Crippen molar-refractivity contribution in [3.8, 4) is 67.1 Å². The van der Waals surface area contributed by atoms with Gasteiger partial charge in [0.2, 0.25) is 0 Å². The van der Waals surface area contributed by atoms with E-state index in [9.17, 15) is 0 Å². The van der Waals surface area contributed by atoms with Crippen LogP contribution in [0.25, 0.3) is 55.6 Å². The second-order valence-electron chi connectivity index (χ2n) is 21.3. The van der Waals surface area contributed by atoms with Crippen molar-refractivity contribution in [2.75, 3.05) is 4.90 Å². The van der Waals surface area contributed by atoms with Gasteiger partial charge in [0.05, 0.1) is 11.1 Å². The first-order chi connectivity index (χ1) is 34.5. The van der Waals surface area contributed by atoms with Gasteiger partial charge in [-0.05, 0) is 126 Å². The third kappa shape index (κ3) is 7.40. The maximum atomic E-state index is 7.17. The van der Waals surface area contributed by atoms with E-state index in [1.54, 1.807) is 0 Å². The molecule has 10 aromatic rings. The number of ether oxygens (including phenoxy) is 1. The van der Waals surface area contributed by atoms with Gasteiger partial charge in [0.15, 0.2) is 0 Å². The fraction of sp³-hybridized carbons (Fsp3) is 0.130. The van der Waals surface area contributed by atoms with Crippen LogP contribution in [0.2, 0.25) is 0 Å². The summed E-state index contributed by atoms with van der Waals surface area (Å²) in [6.45, 7) is 13.7. The van der Waals surface area contributed by atoms with E-state index in [1.165, 1.54) is 72.3 Å². The maximum absolute atomic E-state index is 7.17. The van der Waals surface area contributed by atoms with E-state index in [-0.39, 0.29) is 10.8 Å². The number of anilines is 3. The molecule has 2 heteroatoms. The van der Waals surface area contributed by atoms with Gasteiger partial charge in [-0.15, -0.1) is 0 Å². The van der Waals surface area contributed by atoms with Gasteiger partial charge in [-0.2, -0.15) is 0 Å². The molecule has 2 aliphatic rings. The van der Waals surface area contributed by atoms with Crippen molar-refractivity contribution in [1.29, 1.82) is 0 Å². The van der Waals surface area contributed by atoms with E-state index >= 15 is 0 Å². The van der Waals surface area contributed by atoms with Crippen LogP contribution in [0.4, 0.5) is 17.1 Å². The molecule has 0 aromatic heterocycles. The Morgan fingerprint density at radius 1 is 0.310 bits per heavy atom. The summed E-state index contributed by atoms with van der Waals surface area (Å²) in [7, 11) is 0. The molecular formula is C69H57NO. The minimum Gasteiger partial charge on any atom is -0.457 e. The lowest BCUT2D eigenvalue weighted by Crippen LogP contribution is -2.33. The first-order valence-corrected chi connectivity index (χ1v) is 25.0. The number of fused-ring (bicyclic) bond motifs is 9. The van der Waals surface area contributed by atoms with Gasteiger partial charge in [0.25, 0.3) is 0 Å². The molecular weight excluding hydrogens is 859 g/mol. The average Bonchev–Trinajstić information content (AvgIpc) is 3.68. The van der Waals surface area contributed by atoms with Crippen LogP contribution in [0.3, 0.4) is 0 Å². The maximum Gasteiger partial charge on any atom is 0.132 e. The molecule has 0 N–H and O–H groups in total. The zero-order valence-corrected chi connectivity index (χ0v) is 41.4. The van der Waals surface area contributed by atoms with Crippen molar-refractivity contribution in [2.24, 2.45) is 0 Å². The quantitative estimate of drug-likeness (QED) is 0.158. The molecule has 0 unspecified atom stereocenters. The van der Waals surface area contributed by atoms with Crippen molar-refractivity contribution in [1.82, 2.24) is 0 Å². The minimum atomic E-state index is -0.659. The predicted molar refractivity (Wildman–Crippen MR) is 298 cm³/mol. The van der Waals surface area contributed by atoms with Crippen molar-refractivity contribution in [3.05, 3.63) is 270 Å². The highest BCUT2D eigenvalue weighted by Gasteiger charge is 2.52. The van der Waals surface area contributed by atoms with Gasteiger partial charge in [-0.3, -0.25) is 0 Å². The molecule has 1 spiro atoms. The number of rotatable bonds is 7. The summed E-state index contributed by atoms with van der Waals surface area (Å²) in [5, 5.41) is 0. The highest BCUT2D eigenvalue weighted by molar-refractivity contribution is 5.98. The number of para-hydroxylation sites is 1. The van der Waals surface area contributed by atoms with Crippen LogP contribution < -0.4 is 9.64 Å². The smallest absolute Gasteiger partial charge is 0.132 e. The molecule has 0 bridgehead atoms. The van der Waals surface area contributed by atoms with Crippen molar-refractivity contribution in [3.63, 3.8) is 0 Å². The van der Waals surface area contributed by atoms with Gasteiger partial charge in [-0.1, -0.05) is 236 Å². The second kappa shape index (κ2) is 17.0. The van der Waals surface area contributed by atoms with E-state index in [2.05, 4.69) is 283 Å². The highest BCUT2D eigenvalue weighted by Crippen LogP contribution is 2.63. The van der Waals surface area contributed by atoms with Crippen LogP contribution in [-0.2, 0) is 16.2 Å². The molecule has 0 fully saturated rings. The zero-order valence-electron chi connectivity index (χ0n) is 41.4. The third-order valence-electron chi connectivity index (χ3n) is 14.9. The molecule has 1 aliphatic carbocycles. The van der Waals surface area contributed by atoms with Crippen LogP contribution in [0.5, 0.6) is 11.5 Å². The Balaban J connectivity index is 1.12. The molecule has 0 saturated carbocycles. The summed E-state index contributed by atoms with van der Waals surface area (Å²) in [4.78, 5) is 2.48. The molecule has 71 heavy (non-hydrogen) atoms. The molecule has 12 rings (SSSR count). The number of hydrogen-bond acceptors (Lipinski definition) is 2.